The molecule has 0 saturated carbocycles. The summed E-state index contributed by atoms with van der Waals surface area (Å²) in [4.78, 5) is 2.02. The number of rotatable bonds is 13. The molecule has 0 aliphatic carbocycles. The molecule has 3 heteroatoms. The molecule has 0 radical (unpaired) electrons. The number of nitrogens with two attached hydrogens (primary N) is 1. The molecule has 0 bridgehead atoms. The minimum atomic E-state index is 0.496. The highest BCUT2D eigenvalue weighted by Gasteiger charge is 2.02. The van der Waals surface area contributed by atoms with Crippen molar-refractivity contribution in [1.82, 2.24) is 4.90 Å². The number of thiocarbonyl (C=S) groups is 1. The van der Waals surface area contributed by atoms with Gasteiger partial charge in [-0.2, -0.15) is 0 Å². The van der Waals surface area contributed by atoms with Crippen LogP contribution in [0.1, 0.15) is 71.1 Å². The summed E-state index contributed by atoms with van der Waals surface area (Å²) in [6.45, 7) is 7.73. The fraction of sp³-hybridized carbons (Fsp3) is 0.812. The molecule has 0 atom stereocenters. The van der Waals surface area contributed by atoms with Crippen molar-refractivity contribution in [3.8, 4) is 0 Å². The Bertz CT molecular complexity index is 229. The van der Waals surface area contributed by atoms with Crippen molar-refractivity contribution >= 4 is 17.3 Å². The second-order valence-corrected chi connectivity index (χ2v) is 5.67. The smallest absolute Gasteiger partial charge is 0.166 e. The summed E-state index contributed by atoms with van der Waals surface area (Å²) >= 11 is 5.01. The van der Waals surface area contributed by atoms with Gasteiger partial charge in [0.2, 0.25) is 0 Å². The average Bonchev–Trinajstić information content (AvgIpc) is 2.39. The van der Waals surface area contributed by atoms with Crippen molar-refractivity contribution in [3.63, 3.8) is 0 Å². The van der Waals surface area contributed by atoms with Crippen LogP contribution >= 0.6 is 12.2 Å². The van der Waals surface area contributed by atoms with E-state index in [0.717, 1.165) is 13.1 Å². The summed E-state index contributed by atoms with van der Waals surface area (Å²) in [6, 6.07) is 0. The lowest BCUT2D eigenvalue weighted by Gasteiger charge is -2.20. The minimum Gasteiger partial charge on any atom is -0.376 e. The van der Waals surface area contributed by atoms with Crippen LogP contribution in [0.3, 0.4) is 0 Å². The van der Waals surface area contributed by atoms with E-state index in [1.54, 1.807) is 0 Å². The quantitative estimate of drug-likeness (QED) is 0.303. The summed E-state index contributed by atoms with van der Waals surface area (Å²) in [7, 11) is 0. The topological polar surface area (TPSA) is 29.3 Å². The Morgan fingerprint density at radius 3 is 1.89 bits per heavy atom. The molecular formula is C16H32N2S. The van der Waals surface area contributed by atoms with Crippen LogP contribution in [-0.4, -0.2) is 23.1 Å². The monoisotopic (exact) mass is 284 g/mol. The summed E-state index contributed by atoms with van der Waals surface area (Å²) in [5.41, 5.74) is 5.65. The van der Waals surface area contributed by atoms with Gasteiger partial charge in [-0.3, -0.25) is 0 Å². The van der Waals surface area contributed by atoms with E-state index in [9.17, 15) is 0 Å². The first kappa shape index (κ1) is 18.4. The van der Waals surface area contributed by atoms with Crippen molar-refractivity contribution in [2.75, 3.05) is 13.1 Å². The molecule has 0 amide bonds. The van der Waals surface area contributed by atoms with E-state index in [4.69, 9.17) is 18.0 Å². The minimum absolute atomic E-state index is 0.496. The molecular weight excluding hydrogens is 252 g/mol. The predicted molar refractivity (Wildman–Crippen MR) is 90.4 cm³/mol. The molecule has 0 saturated heterocycles. The Kier molecular flexibility index (Phi) is 13.4. The molecule has 0 aromatic rings. The van der Waals surface area contributed by atoms with E-state index in [0.29, 0.717) is 5.11 Å². The van der Waals surface area contributed by atoms with Gasteiger partial charge in [-0.1, -0.05) is 70.8 Å². The van der Waals surface area contributed by atoms with Gasteiger partial charge in [-0.15, -0.1) is 6.58 Å². The molecule has 112 valence electrons. The molecule has 2 N–H and O–H groups in total. The normalized spacial score (nSPS) is 10.4. The predicted octanol–water partition coefficient (Wildman–Crippen LogP) is 4.64. The van der Waals surface area contributed by atoms with Gasteiger partial charge in [0, 0.05) is 13.1 Å². The SMILES string of the molecule is C=CCN(CCCCCCCCCCCC)C(N)=S. The van der Waals surface area contributed by atoms with Gasteiger partial charge in [0.15, 0.2) is 5.11 Å². The fourth-order valence-electron chi connectivity index (χ4n) is 2.24. The van der Waals surface area contributed by atoms with Gasteiger partial charge in [0.05, 0.1) is 0 Å². The Balaban J connectivity index is 3.29. The molecule has 0 aromatic carbocycles. The highest BCUT2D eigenvalue weighted by atomic mass is 32.1. The average molecular weight is 285 g/mol. The number of unbranched alkanes of at least 4 members (excludes halogenated alkanes) is 9. The summed E-state index contributed by atoms with van der Waals surface area (Å²) in [6.07, 6.45) is 15.4. The first-order chi connectivity index (χ1) is 9.22. The van der Waals surface area contributed by atoms with E-state index in [2.05, 4.69) is 13.5 Å². The molecule has 0 aliphatic heterocycles. The third-order valence-corrected chi connectivity index (χ3v) is 3.70. The van der Waals surface area contributed by atoms with E-state index < -0.39 is 0 Å². The maximum absolute atomic E-state index is 5.65. The standard InChI is InChI=1S/C16H32N2S/c1-3-5-6-7-8-9-10-11-12-13-15-18(14-4-2)16(17)19/h4H,2-3,5-15H2,1H3,(H2,17,19). The number of hydrogen-bond acceptors (Lipinski definition) is 1. The van der Waals surface area contributed by atoms with Gasteiger partial charge < -0.3 is 10.6 Å². The van der Waals surface area contributed by atoms with E-state index in [1.165, 1.54) is 64.2 Å². The van der Waals surface area contributed by atoms with Crippen molar-refractivity contribution in [2.45, 2.75) is 71.1 Å². The largest absolute Gasteiger partial charge is 0.376 e. The number of nitrogens with zero attached hydrogens (tertiary/aromatic N) is 1. The van der Waals surface area contributed by atoms with Crippen molar-refractivity contribution in [1.29, 1.82) is 0 Å². The Morgan fingerprint density at radius 2 is 1.47 bits per heavy atom. The van der Waals surface area contributed by atoms with Crippen LogP contribution in [0.5, 0.6) is 0 Å². The van der Waals surface area contributed by atoms with Crippen molar-refractivity contribution in [2.24, 2.45) is 5.73 Å². The third kappa shape index (κ3) is 12.2. The van der Waals surface area contributed by atoms with Gasteiger partial charge in [0.1, 0.15) is 0 Å². The molecule has 0 unspecified atom stereocenters. The zero-order valence-corrected chi connectivity index (χ0v) is 13.5. The molecule has 0 fully saturated rings. The van der Waals surface area contributed by atoms with Crippen molar-refractivity contribution < 1.29 is 0 Å². The van der Waals surface area contributed by atoms with Crippen LogP contribution in [0, 0.1) is 0 Å². The maximum atomic E-state index is 5.65. The molecule has 0 aliphatic rings. The zero-order valence-electron chi connectivity index (χ0n) is 12.7. The Labute approximate surface area is 125 Å². The van der Waals surface area contributed by atoms with Gasteiger partial charge in [-0.05, 0) is 18.6 Å². The molecule has 19 heavy (non-hydrogen) atoms. The molecule has 0 rings (SSSR count). The first-order valence-corrected chi connectivity index (χ1v) is 8.28. The highest BCUT2D eigenvalue weighted by Crippen LogP contribution is 2.10. The van der Waals surface area contributed by atoms with Gasteiger partial charge >= 0.3 is 0 Å². The third-order valence-electron chi connectivity index (χ3n) is 3.44. The van der Waals surface area contributed by atoms with Crippen LogP contribution in [-0.2, 0) is 0 Å². The van der Waals surface area contributed by atoms with Crippen LogP contribution in [0.4, 0.5) is 0 Å². The summed E-state index contributed by atoms with van der Waals surface area (Å²) < 4.78 is 0. The maximum Gasteiger partial charge on any atom is 0.166 e. The Morgan fingerprint density at radius 1 is 1.00 bits per heavy atom. The summed E-state index contributed by atoms with van der Waals surface area (Å²) in [5, 5.41) is 0.496. The summed E-state index contributed by atoms with van der Waals surface area (Å²) in [5.74, 6) is 0. The Hall–Kier alpha value is -0.570. The molecule has 0 spiro atoms. The van der Waals surface area contributed by atoms with Crippen LogP contribution in [0.2, 0.25) is 0 Å². The lowest BCUT2D eigenvalue weighted by molar-refractivity contribution is 0.435. The first-order valence-electron chi connectivity index (χ1n) is 7.87. The van der Waals surface area contributed by atoms with Gasteiger partial charge in [0.25, 0.3) is 0 Å². The zero-order chi connectivity index (χ0) is 14.3. The van der Waals surface area contributed by atoms with E-state index in [-0.39, 0.29) is 0 Å². The number of hydrogen-bond donors (Lipinski definition) is 1. The highest BCUT2D eigenvalue weighted by molar-refractivity contribution is 7.80. The van der Waals surface area contributed by atoms with Crippen molar-refractivity contribution in [3.05, 3.63) is 12.7 Å². The lowest BCUT2D eigenvalue weighted by Crippen LogP contribution is -2.36. The van der Waals surface area contributed by atoms with Crippen LogP contribution in [0.15, 0.2) is 12.7 Å². The lowest BCUT2D eigenvalue weighted by atomic mass is 10.1. The van der Waals surface area contributed by atoms with Crippen LogP contribution < -0.4 is 5.73 Å². The molecule has 2 nitrogen and oxygen atoms in total. The van der Waals surface area contributed by atoms with Gasteiger partial charge in [-0.25, -0.2) is 0 Å². The van der Waals surface area contributed by atoms with E-state index >= 15 is 0 Å². The second kappa shape index (κ2) is 13.9. The second-order valence-electron chi connectivity index (χ2n) is 5.25. The van der Waals surface area contributed by atoms with Crippen LogP contribution in [0.25, 0.3) is 0 Å². The van der Waals surface area contributed by atoms with E-state index in [1.807, 2.05) is 11.0 Å². The molecule has 0 aromatic heterocycles. The fourth-order valence-corrected chi connectivity index (χ4v) is 2.40. The molecule has 0 heterocycles.